The van der Waals surface area contributed by atoms with Crippen LogP contribution in [0.15, 0.2) is 0 Å². The molecule has 1 amide bonds. The molecule has 0 bridgehead atoms. The number of likely N-dealkylation sites (tertiary alicyclic amines) is 1. The highest BCUT2D eigenvalue weighted by Gasteiger charge is 2.51. The molecule has 0 aromatic heterocycles. The number of ether oxygens (including phenoxy) is 1. The third kappa shape index (κ3) is 4.61. The summed E-state index contributed by atoms with van der Waals surface area (Å²) in [5.41, 5.74) is -1.70. The molecule has 1 aliphatic rings. The maximum atomic E-state index is 12.3. The van der Waals surface area contributed by atoms with Crippen LogP contribution in [-0.4, -0.2) is 39.8 Å². The summed E-state index contributed by atoms with van der Waals surface area (Å²) in [4.78, 5) is 25.6. The molecule has 0 radical (unpaired) electrons. The number of hydrogen-bond donors (Lipinski definition) is 1. The SMILES string of the molecule is CC(C)(C)CCC1(C(=O)O)CCCN1C(=O)OC(C)(C)C. The van der Waals surface area contributed by atoms with Gasteiger partial charge in [-0.15, -0.1) is 0 Å². The van der Waals surface area contributed by atoms with Gasteiger partial charge in [-0.2, -0.15) is 0 Å². The summed E-state index contributed by atoms with van der Waals surface area (Å²) >= 11 is 0. The van der Waals surface area contributed by atoms with Gasteiger partial charge in [0, 0.05) is 6.54 Å². The summed E-state index contributed by atoms with van der Waals surface area (Å²) < 4.78 is 5.38. The molecular formula is C16H29NO4. The largest absolute Gasteiger partial charge is 0.479 e. The lowest BCUT2D eigenvalue weighted by molar-refractivity contribution is -0.150. The van der Waals surface area contributed by atoms with Crippen LogP contribution in [0.5, 0.6) is 0 Å². The molecule has 1 unspecified atom stereocenters. The van der Waals surface area contributed by atoms with Gasteiger partial charge in [0.2, 0.25) is 0 Å². The van der Waals surface area contributed by atoms with E-state index < -0.39 is 23.2 Å². The quantitative estimate of drug-likeness (QED) is 0.863. The average Bonchev–Trinajstić information content (AvgIpc) is 2.67. The van der Waals surface area contributed by atoms with Crippen LogP contribution >= 0.6 is 0 Å². The molecule has 1 aliphatic heterocycles. The molecular weight excluding hydrogens is 270 g/mol. The number of hydrogen-bond acceptors (Lipinski definition) is 3. The van der Waals surface area contributed by atoms with E-state index in [1.807, 2.05) is 0 Å². The van der Waals surface area contributed by atoms with Gasteiger partial charge >= 0.3 is 12.1 Å². The molecule has 0 spiro atoms. The predicted octanol–water partition coefficient (Wildman–Crippen LogP) is 3.67. The van der Waals surface area contributed by atoms with Crippen molar-refractivity contribution in [2.75, 3.05) is 6.54 Å². The number of amides is 1. The zero-order valence-corrected chi connectivity index (χ0v) is 14.2. The minimum atomic E-state index is -1.12. The summed E-state index contributed by atoms with van der Waals surface area (Å²) in [6.45, 7) is 12.1. The van der Waals surface area contributed by atoms with E-state index in [4.69, 9.17) is 4.74 Å². The Bertz CT molecular complexity index is 405. The standard InChI is InChI=1S/C16H29NO4/c1-14(2,3)9-10-16(12(18)19)8-7-11-17(16)13(20)21-15(4,5)6/h7-11H2,1-6H3,(H,18,19). The van der Waals surface area contributed by atoms with Crippen molar-refractivity contribution in [3.63, 3.8) is 0 Å². The smallest absolute Gasteiger partial charge is 0.411 e. The Morgan fingerprint density at radius 2 is 1.76 bits per heavy atom. The number of carboxylic acid groups (broad SMARTS) is 1. The van der Waals surface area contributed by atoms with E-state index >= 15 is 0 Å². The van der Waals surface area contributed by atoms with E-state index in [2.05, 4.69) is 20.8 Å². The van der Waals surface area contributed by atoms with Gasteiger partial charge in [-0.25, -0.2) is 9.59 Å². The van der Waals surface area contributed by atoms with Gasteiger partial charge in [0.15, 0.2) is 0 Å². The van der Waals surface area contributed by atoms with Crippen LogP contribution in [0.1, 0.15) is 67.2 Å². The van der Waals surface area contributed by atoms with Crippen molar-refractivity contribution in [3.05, 3.63) is 0 Å². The van der Waals surface area contributed by atoms with Crippen LogP contribution < -0.4 is 0 Å². The minimum Gasteiger partial charge on any atom is -0.479 e. The highest BCUT2D eigenvalue weighted by molar-refractivity contribution is 5.85. The lowest BCUT2D eigenvalue weighted by Crippen LogP contribution is -2.54. The fourth-order valence-corrected chi connectivity index (χ4v) is 2.63. The summed E-state index contributed by atoms with van der Waals surface area (Å²) in [7, 11) is 0. The van der Waals surface area contributed by atoms with Gasteiger partial charge in [-0.1, -0.05) is 20.8 Å². The number of carboxylic acids is 1. The maximum Gasteiger partial charge on any atom is 0.411 e. The summed E-state index contributed by atoms with van der Waals surface area (Å²) in [5, 5.41) is 9.73. The fraction of sp³-hybridized carbons (Fsp3) is 0.875. The third-order valence-corrected chi connectivity index (χ3v) is 3.79. The lowest BCUT2D eigenvalue weighted by Gasteiger charge is -2.37. The number of rotatable bonds is 3. The number of aliphatic carboxylic acids is 1. The zero-order chi connectivity index (χ0) is 16.5. The average molecular weight is 299 g/mol. The van der Waals surface area contributed by atoms with Gasteiger partial charge in [0.1, 0.15) is 11.1 Å². The Hall–Kier alpha value is -1.26. The fourth-order valence-electron chi connectivity index (χ4n) is 2.63. The van der Waals surface area contributed by atoms with E-state index in [9.17, 15) is 14.7 Å². The first-order valence-electron chi connectivity index (χ1n) is 7.61. The van der Waals surface area contributed by atoms with Gasteiger partial charge in [-0.05, 0) is 51.9 Å². The molecule has 0 saturated carbocycles. The van der Waals surface area contributed by atoms with E-state index in [0.717, 1.165) is 6.42 Å². The molecule has 0 aliphatic carbocycles. The monoisotopic (exact) mass is 299 g/mol. The Balaban J connectivity index is 2.95. The van der Waals surface area contributed by atoms with Crippen molar-refractivity contribution in [1.82, 2.24) is 4.90 Å². The first-order chi connectivity index (χ1) is 9.37. The minimum absolute atomic E-state index is 0.0324. The number of carbonyl (C=O) groups is 2. The van der Waals surface area contributed by atoms with E-state index in [-0.39, 0.29) is 5.41 Å². The van der Waals surface area contributed by atoms with Gasteiger partial charge in [0.25, 0.3) is 0 Å². The highest BCUT2D eigenvalue weighted by Crippen LogP contribution is 2.38. The third-order valence-electron chi connectivity index (χ3n) is 3.79. The Kier molecular flexibility index (Phi) is 4.96. The molecule has 21 heavy (non-hydrogen) atoms. The van der Waals surface area contributed by atoms with Crippen molar-refractivity contribution in [3.8, 4) is 0 Å². The number of nitrogens with zero attached hydrogens (tertiary/aromatic N) is 1. The Morgan fingerprint density at radius 1 is 1.19 bits per heavy atom. The first-order valence-corrected chi connectivity index (χ1v) is 7.61. The molecule has 1 atom stereocenters. The van der Waals surface area contributed by atoms with Gasteiger partial charge < -0.3 is 9.84 Å². The second-order valence-electron chi connectivity index (χ2n) is 8.13. The van der Waals surface area contributed by atoms with E-state index in [0.29, 0.717) is 25.8 Å². The second-order valence-corrected chi connectivity index (χ2v) is 8.13. The van der Waals surface area contributed by atoms with Crippen molar-refractivity contribution in [2.45, 2.75) is 78.4 Å². The van der Waals surface area contributed by atoms with Crippen LogP contribution in [0, 0.1) is 5.41 Å². The van der Waals surface area contributed by atoms with E-state index in [1.165, 1.54) is 4.90 Å². The molecule has 1 saturated heterocycles. The van der Waals surface area contributed by atoms with Crippen LogP contribution in [0.3, 0.4) is 0 Å². The first kappa shape index (κ1) is 17.8. The molecule has 1 heterocycles. The zero-order valence-electron chi connectivity index (χ0n) is 14.2. The summed E-state index contributed by atoms with van der Waals surface area (Å²) in [6.07, 6.45) is 1.90. The van der Waals surface area contributed by atoms with Crippen molar-refractivity contribution >= 4 is 12.1 Å². The van der Waals surface area contributed by atoms with Crippen LogP contribution in [0.4, 0.5) is 4.79 Å². The molecule has 1 fully saturated rings. The number of carbonyl (C=O) groups excluding carboxylic acids is 1. The van der Waals surface area contributed by atoms with E-state index in [1.54, 1.807) is 20.8 Å². The molecule has 0 aromatic carbocycles. The summed E-state index contributed by atoms with van der Waals surface area (Å²) in [6, 6.07) is 0. The Morgan fingerprint density at radius 3 is 2.19 bits per heavy atom. The predicted molar refractivity (Wildman–Crippen MR) is 81.2 cm³/mol. The van der Waals surface area contributed by atoms with Crippen LogP contribution in [-0.2, 0) is 9.53 Å². The second kappa shape index (κ2) is 5.85. The van der Waals surface area contributed by atoms with Crippen LogP contribution in [0.2, 0.25) is 0 Å². The van der Waals surface area contributed by atoms with Gasteiger partial charge in [-0.3, -0.25) is 4.90 Å². The van der Waals surface area contributed by atoms with Crippen molar-refractivity contribution in [1.29, 1.82) is 0 Å². The van der Waals surface area contributed by atoms with Crippen LogP contribution in [0.25, 0.3) is 0 Å². The molecule has 122 valence electrons. The molecule has 5 heteroatoms. The molecule has 0 aromatic rings. The summed E-state index contributed by atoms with van der Waals surface area (Å²) in [5.74, 6) is -0.921. The lowest BCUT2D eigenvalue weighted by atomic mass is 9.82. The normalized spacial score (nSPS) is 23.2. The maximum absolute atomic E-state index is 12.3. The topological polar surface area (TPSA) is 66.8 Å². The van der Waals surface area contributed by atoms with Crippen molar-refractivity contribution < 1.29 is 19.4 Å². The molecule has 5 nitrogen and oxygen atoms in total. The van der Waals surface area contributed by atoms with Crippen molar-refractivity contribution in [2.24, 2.45) is 5.41 Å². The highest BCUT2D eigenvalue weighted by atomic mass is 16.6. The molecule has 1 N–H and O–H groups in total. The Labute approximate surface area is 127 Å². The van der Waals surface area contributed by atoms with Gasteiger partial charge in [0.05, 0.1) is 0 Å². The molecule has 1 rings (SSSR count).